The van der Waals surface area contributed by atoms with Crippen molar-refractivity contribution in [3.8, 4) is 0 Å². The maximum absolute atomic E-state index is 13.5. The Kier molecular flexibility index (Phi) is 2.99. The highest BCUT2D eigenvalue weighted by atomic mass is 19.1. The summed E-state index contributed by atoms with van der Waals surface area (Å²) in [6, 6.07) is 5.20. The van der Waals surface area contributed by atoms with Crippen LogP contribution in [0.25, 0.3) is 0 Å². The monoisotopic (exact) mass is 207 g/mol. The summed E-state index contributed by atoms with van der Waals surface area (Å²) in [4.78, 5) is 4.27. The minimum absolute atomic E-state index is 0.158. The molecule has 0 fully saturated rings. The van der Waals surface area contributed by atoms with Crippen LogP contribution in [0.1, 0.15) is 24.5 Å². The number of halogens is 1. The summed E-state index contributed by atoms with van der Waals surface area (Å²) in [5.74, 6) is 0.585. The van der Waals surface area contributed by atoms with Crippen LogP contribution < -0.4 is 0 Å². The van der Waals surface area contributed by atoms with E-state index in [1.54, 1.807) is 6.07 Å². The maximum atomic E-state index is 13.5. The highest BCUT2D eigenvalue weighted by Crippen LogP contribution is 2.20. The number of aryl methyl sites for hydroxylation is 1. The summed E-state index contributed by atoms with van der Waals surface area (Å²) >= 11 is 0. The van der Waals surface area contributed by atoms with E-state index in [1.807, 2.05) is 13.0 Å². The Hall–Kier alpha value is -1.38. The largest absolute Gasteiger partial charge is 0.481 e. The van der Waals surface area contributed by atoms with Gasteiger partial charge in [-0.15, -0.1) is 0 Å². The van der Waals surface area contributed by atoms with E-state index in [0.29, 0.717) is 18.7 Å². The number of nitrogens with zero attached hydrogens (tertiary/aromatic N) is 1. The number of hydrogen-bond donors (Lipinski definition) is 0. The molecule has 1 aliphatic heterocycles. The number of rotatable bonds is 1. The van der Waals surface area contributed by atoms with Crippen LogP contribution in [0.3, 0.4) is 0 Å². The lowest BCUT2D eigenvalue weighted by Gasteiger charge is -2.04. The molecule has 0 radical (unpaired) electrons. The second kappa shape index (κ2) is 4.43. The molecule has 0 aromatic heterocycles. The van der Waals surface area contributed by atoms with Crippen LogP contribution in [-0.2, 0) is 17.7 Å². The quantitative estimate of drug-likeness (QED) is 0.693. The zero-order valence-electron chi connectivity index (χ0n) is 8.79. The van der Waals surface area contributed by atoms with Gasteiger partial charge in [0.1, 0.15) is 5.82 Å². The van der Waals surface area contributed by atoms with E-state index < -0.39 is 0 Å². The Balaban J connectivity index is 2.24. The van der Waals surface area contributed by atoms with Crippen LogP contribution in [-0.4, -0.2) is 12.5 Å². The first-order chi connectivity index (χ1) is 7.31. The Labute approximate surface area is 88.8 Å². The fraction of sp³-hybridized carbons (Fsp3) is 0.417. The lowest BCUT2D eigenvalue weighted by molar-refractivity contribution is 0.316. The standard InChI is InChI=1S/C12H14FNO/c1-2-15-12-7-6-9-4-3-5-11(13)10(9)8-14-12/h3-5H,2,6-8H2,1H3. The molecule has 0 saturated carbocycles. The predicted molar refractivity (Wildman–Crippen MR) is 57.5 cm³/mol. The number of fused-ring (bicyclic) bond motifs is 1. The highest BCUT2D eigenvalue weighted by Gasteiger charge is 2.13. The fourth-order valence-electron chi connectivity index (χ4n) is 1.79. The van der Waals surface area contributed by atoms with E-state index in [0.717, 1.165) is 24.3 Å². The molecule has 80 valence electrons. The Morgan fingerprint density at radius 2 is 2.27 bits per heavy atom. The lowest BCUT2D eigenvalue weighted by Crippen LogP contribution is -2.04. The van der Waals surface area contributed by atoms with Crippen molar-refractivity contribution in [2.75, 3.05) is 6.61 Å². The average molecular weight is 207 g/mol. The van der Waals surface area contributed by atoms with Gasteiger partial charge in [0.2, 0.25) is 0 Å². The SMILES string of the molecule is CCOC1=NCc2c(F)cccc2CC1. The molecule has 1 heterocycles. The molecule has 1 aromatic carbocycles. The van der Waals surface area contributed by atoms with Crippen LogP contribution in [0.5, 0.6) is 0 Å². The maximum Gasteiger partial charge on any atom is 0.183 e. The van der Waals surface area contributed by atoms with Gasteiger partial charge in [-0.05, 0) is 25.0 Å². The van der Waals surface area contributed by atoms with Gasteiger partial charge in [-0.1, -0.05) is 12.1 Å². The molecule has 15 heavy (non-hydrogen) atoms. The third kappa shape index (κ3) is 2.17. The lowest BCUT2D eigenvalue weighted by atomic mass is 10.0. The summed E-state index contributed by atoms with van der Waals surface area (Å²) in [5.41, 5.74) is 1.76. The summed E-state index contributed by atoms with van der Waals surface area (Å²) in [6.45, 7) is 2.95. The van der Waals surface area contributed by atoms with Gasteiger partial charge in [0.15, 0.2) is 5.90 Å². The van der Waals surface area contributed by atoms with Crippen molar-refractivity contribution < 1.29 is 9.13 Å². The molecule has 0 spiro atoms. The Bertz CT molecular complexity index is 387. The van der Waals surface area contributed by atoms with Crippen molar-refractivity contribution in [1.29, 1.82) is 0 Å². The Morgan fingerprint density at radius 3 is 3.07 bits per heavy atom. The molecule has 0 saturated heterocycles. The van der Waals surface area contributed by atoms with Crippen LogP contribution in [0.4, 0.5) is 4.39 Å². The molecule has 2 nitrogen and oxygen atoms in total. The number of hydrogen-bond acceptors (Lipinski definition) is 2. The molecule has 0 atom stereocenters. The summed E-state index contributed by atoms with van der Waals surface area (Å²) in [5, 5.41) is 0. The zero-order valence-corrected chi connectivity index (χ0v) is 8.79. The molecule has 2 rings (SSSR count). The summed E-state index contributed by atoms with van der Waals surface area (Å²) < 4.78 is 18.8. The van der Waals surface area contributed by atoms with Crippen molar-refractivity contribution in [2.24, 2.45) is 4.99 Å². The predicted octanol–water partition coefficient (Wildman–Crippen LogP) is 2.71. The van der Waals surface area contributed by atoms with Gasteiger partial charge in [0.25, 0.3) is 0 Å². The van der Waals surface area contributed by atoms with Gasteiger partial charge in [-0.25, -0.2) is 4.39 Å². The zero-order chi connectivity index (χ0) is 10.7. The minimum atomic E-state index is -0.158. The molecule has 0 unspecified atom stereocenters. The van der Waals surface area contributed by atoms with Gasteiger partial charge in [-0.3, -0.25) is 4.99 Å². The Morgan fingerprint density at radius 1 is 1.40 bits per heavy atom. The normalized spacial score (nSPS) is 15.2. The second-order valence-electron chi connectivity index (χ2n) is 3.52. The second-order valence-corrected chi connectivity index (χ2v) is 3.52. The first kappa shape index (κ1) is 10.1. The van der Waals surface area contributed by atoms with E-state index in [-0.39, 0.29) is 5.82 Å². The molecular weight excluding hydrogens is 193 g/mol. The fourth-order valence-corrected chi connectivity index (χ4v) is 1.79. The van der Waals surface area contributed by atoms with Crippen molar-refractivity contribution in [1.82, 2.24) is 0 Å². The molecule has 1 aliphatic rings. The van der Waals surface area contributed by atoms with Gasteiger partial charge in [0.05, 0.1) is 13.2 Å². The molecule has 0 aliphatic carbocycles. The summed E-state index contributed by atoms with van der Waals surface area (Å²) in [7, 11) is 0. The van der Waals surface area contributed by atoms with Crippen LogP contribution >= 0.6 is 0 Å². The van der Waals surface area contributed by atoms with E-state index in [1.165, 1.54) is 6.07 Å². The molecule has 0 bridgehead atoms. The first-order valence-electron chi connectivity index (χ1n) is 5.23. The van der Waals surface area contributed by atoms with Crippen molar-refractivity contribution >= 4 is 5.90 Å². The van der Waals surface area contributed by atoms with Gasteiger partial charge in [0, 0.05) is 12.0 Å². The van der Waals surface area contributed by atoms with Crippen molar-refractivity contribution in [2.45, 2.75) is 26.3 Å². The third-order valence-electron chi connectivity index (χ3n) is 2.55. The van der Waals surface area contributed by atoms with E-state index in [4.69, 9.17) is 4.74 Å². The van der Waals surface area contributed by atoms with Gasteiger partial charge >= 0.3 is 0 Å². The average Bonchev–Trinajstić information content (AvgIpc) is 2.43. The van der Waals surface area contributed by atoms with Crippen molar-refractivity contribution in [3.63, 3.8) is 0 Å². The van der Waals surface area contributed by atoms with Crippen LogP contribution in [0, 0.1) is 5.82 Å². The smallest absolute Gasteiger partial charge is 0.183 e. The van der Waals surface area contributed by atoms with Gasteiger partial charge in [-0.2, -0.15) is 0 Å². The topological polar surface area (TPSA) is 21.6 Å². The molecule has 0 N–H and O–H groups in total. The van der Waals surface area contributed by atoms with E-state index >= 15 is 0 Å². The number of aliphatic imine (C=N–C) groups is 1. The number of benzene rings is 1. The highest BCUT2D eigenvalue weighted by molar-refractivity contribution is 5.77. The number of ether oxygens (including phenoxy) is 1. The third-order valence-corrected chi connectivity index (χ3v) is 2.55. The van der Waals surface area contributed by atoms with Gasteiger partial charge < -0.3 is 4.74 Å². The van der Waals surface area contributed by atoms with Crippen LogP contribution in [0.2, 0.25) is 0 Å². The first-order valence-corrected chi connectivity index (χ1v) is 5.23. The van der Waals surface area contributed by atoms with Crippen molar-refractivity contribution in [3.05, 3.63) is 35.1 Å². The molecule has 1 aromatic rings. The minimum Gasteiger partial charge on any atom is -0.481 e. The van der Waals surface area contributed by atoms with Crippen LogP contribution in [0.15, 0.2) is 23.2 Å². The molecule has 3 heteroatoms. The molecule has 0 amide bonds. The van der Waals surface area contributed by atoms with E-state index in [2.05, 4.69) is 4.99 Å². The van der Waals surface area contributed by atoms with E-state index in [9.17, 15) is 4.39 Å². The summed E-state index contributed by atoms with van der Waals surface area (Å²) in [6.07, 6.45) is 1.58. The molecular formula is C12H14FNO.